The molecule has 4 N–H and O–H groups in total. The van der Waals surface area contributed by atoms with Gasteiger partial charge >= 0.3 is 0 Å². The Hall–Kier alpha value is -1.14. The first-order valence-corrected chi connectivity index (χ1v) is 5.95. The minimum Gasteiger partial charge on any atom is -0.396 e. The molecule has 0 aliphatic rings. The van der Waals surface area contributed by atoms with Crippen LogP contribution in [0.4, 0.5) is 0 Å². The molecule has 6 nitrogen and oxygen atoms in total. The van der Waals surface area contributed by atoms with E-state index in [2.05, 4.69) is 10.6 Å². The number of carbonyl (C=O) groups is 2. The Morgan fingerprint density at radius 1 is 0.765 bits per heavy atom. The lowest BCUT2D eigenvalue weighted by atomic mass is 10.2. The van der Waals surface area contributed by atoms with Crippen LogP contribution in [0.5, 0.6) is 0 Å². The normalized spacial score (nSPS) is 10.0. The van der Waals surface area contributed by atoms with E-state index in [-0.39, 0.29) is 31.4 Å². The lowest BCUT2D eigenvalue weighted by Gasteiger charge is -2.05. The topological polar surface area (TPSA) is 98.7 Å². The summed E-state index contributed by atoms with van der Waals surface area (Å²) in [7, 11) is 0. The number of hydrogen-bond acceptors (Lipinski definition) is 4. The summed E-state index contributed by atoms with van der Waals surface area (Å²) in [6.45, 7) is 0.936. The highest BCUT2D eigenvalue weighted by Crippen LogP contribution is 1.93. The summed E-state index contributed by atoms with van der Waals surface area (Å²) in [4.78, 5) is 22.4. The predicted molar refractivity (Wildman–Crippen MR) is 63.3 cm³/mol. The second-order valence-corrected chi connectivity index (χ2v) is 3.71. The highest BCUT2D eigenvalue weighted by atomic mass is 16.3. The molecule has 0 heterocycles. The van der Waals surface area contributed by atoms with Crippen LogP contribution in [0.3, 0.4) is 0 Å². The number of rotatable bonds is 10. The zero-order valence-electron chi connectivity index (χ0n) is 10.1. The van der Waals surface area contributed by atoms with Crippen molar-refractivity contribution in [3.05, 3.63) is 0 Å². The van der Waals surface area contributed by atoms with Gasteiger partial charge in [0, 0.05) is 39.1 Å². The van der Waals surface area contributed by atoms with Crippen LogP contribution in [-0.2, 0) is 9.59 Å². The Kier molecular flexibility index (Phi) is 10.6. The molecular weight excluding hydrogens is 224 g/mol. The Balaban J connectivity index is 3.36. The van der Waals surface area contributed by atoms with Gasteiger partial charge < -0.3 is 20.8 Å². The molecule has 0 spiro atoms. The molecule has 6 heteroatoms. The van der Waals surface area contributed by atoms with Crippen molar-refractivity contribution in [2.24, 2.45) is 0 Å². The molecule has 0 aromatic rings. The Bertz CT molecular complexity index is 200. The van der Waals surface area contributed by atoms with Crippen LogP contribution >= 0.6 is 0 Å². The predicted octanol–water partition coefficient (Wildman–Crippen LogP) is -0.846. The van der Waals surface area contributed by atoms with Gasteiger partial charge in [0.15, 0.2) is 0 Å². The van der Waals surface area contributed by atoms with Crippen molar-refractivity contribution in [2.45, 2.75) is 32.1 Å². The maximum absolute atomic E-state index is 11.2. The van der Waals surface area contributed by atoms with Crippen LogP contribution in [0, 0.1) is 0 Å². The van der Waals surface area contributed by atoms with Crippen LogP contribution in [0.15, 0.2) is 0 Å². The third-order valence-corrected chi connectivity index (χ3v) is 2.14. The van der Waals surface area contributed by atoms with Gasteiger partial charge in [-0.1, -0.05) is 0 Å². The average Bonchev–Trinajstić information content (AvgIpc) is 2.30. The number of aliphatic hydroxyl groups is 2. The zero-order valence-corrected chi connectivity index (χ0v) is 10.1. The monoisotopic (exact) mass is 246 g/mol. The number of aliphatic hydroxyl groups excluding tert-OH is 2. The zero-order chi connectivity index (χ0) is 12.9. The van der Waals surface area contributed by atoms with Gasteiger partial charge in [0.05, 0.1) is 0 Å². The number of nitrogens with one attached hydrogen (secondary N) is 2. The van der Waals surface area contributed by atoms with Gasteiger partial charge in [-0.2, -0.15) is 0 Å². The van der Waals surface area contributed by atoms with Crippen LogP contribution in [0.25, 0.3) is 0 Å². The van der Waals surface area contributed by atoms with Crippen molar-refractivity contribution >= 4 is 11.8 Å². The number of carbonyl (C=O) groups excluding carboxylic acids is 2. The van der Waals surface area contributed by atoms with Gasteiger partial charge in [-0.25, -0.2) is 0 Å². The average molecular weight is 246 g/mol. The molecule has 0 bridgehead atoms. The molecule has 2 amide bonds. The summed E-state index contributed by atoms with van der Waals surface area (Å²) in [6.07, 6.45) is 2.45. The molecule has 0 saturated carbocycles. The summed E-state index contributed by atoms with van der Waals surface area (Å²) in [5.74, 6) is -0.226. The number of amides is 2. The summed E-state index contributed by atoms with van der Waals surface area (Å²) in [5, 5.41) is 22.3. The minimum atomic E-state index is -0.130. The highest BCUT2D eigenvalue weighted by Gasteiger charge is 2.03. The van der Waals surface area contributed by atoms with Gasteiger partial charge in [0.25, 0.3) is 0 Å². The standard InChI is InChI=1S/C11H22N2O4/c14-8-2-1-4-10(16)13-7-5-11(17)12-6-3-9-15/h14-15H,1-9H2,(H,12,17)(H,13,16). The van der Waals surface area contributed by atoms with Crippen molar-refractivity contribution < 1.29 is 19.8 Å². The van der Waals surface area contributed by atoms with Crippen LogP contribution < -0.4 is 10.6 Å². The van der Waals surface area contributed by atoms with E-state index < -0.39 is 0 Å². The van der Waals surface area contributed by atoms with Gasteiger partial charge in [-0.05, 0) is 19.3 Å². The molecule has 100 valence electrons. The first kappa shape index (κ1) is 15.9. The van der Waals surface area contributed by atoms with Gasteiger partial charge in [-0.3, -0.25) is 9.59 Å². The van der Waals surface area contributed by atoms with E-state index in [0.717, 1.165) is 0 Å². The van der Waals surface area contributed by atoms with Crippen LogP contribution in [-0.4, -0.2) is 48.3 Å². The molecule has 17 heavy (non-hydrogen) atoms. The van der Waals surface area contributed by atoms with E-state index in [1.807, 2.05) is 0 Å². The number of hydrogen-bond donors (Lipinski definition) is 4. The van der Waals surface area contributed by atoms with Gasteiger partial charge in [0.1, 0.15) is 0 Å². The fourth-order valence-electron chi connectivity index (χ4n) is 1.20. The van der Waals surface area contributed by atoms with Crippen molar-refractivity contribution in [1.82, 2.24) is 10.6 Å². The van der Waals surface area contributed by atoms with Crippen LogP contribution in [0.2, 0.25) is 0 Å². The van der Waals surface area contributed by atoms with E-state index >= 15 is 0 Å². The van der Waals surface area contributed by atoms with Crippen molar-refractivity contribution in [1.29, 1.82) is 0 Å². The van der Waals surface area contributed by atoms with E-state index in [4.69, 9.17) is 10.2 Å². The molecule has 0 saturated heterocycles. The van der Waals surface area contributed by atoms with Crippen molar-refractivity contribution in [3.63, 3.8) is 0 Å². The Labute approximate surface area is 101 Å². The van der Waals surface area contributed by atoms with Gasteiger partial charge in [-0.15, -0.1) is 0 Å². The molecule has 0 aliphatic carbocycles. The Morgan fingerprint density at radius 3 is 2.00 bits per heavy atom. The Morgan fingerprint density at radius 2 is 1.35 bits per heavy atom. The fraction of sp³-hybridized carbons (Fsp3) is 0.818. The molecule has 0 aromatic heterocycles. The molecule has 0 aliphatic heterocycles. The summed E-state index contributed by atoms with van der Waals surface area (Å²) < 4.78 is 0. The van der Waals surface area contributed by atoms with E-state index in [1.165, 1.54) is 0 Å². The molecule has 0 rings (SSSR count). The SMILES string of the molecule is O=C(CCCCO)NCCC(=O)NCCCO. The van der Waals surface area contributed by atoms with Crippen molar-refractivity contribution in [2.75, 3.05) is 26.3 Å². The van der Waals surface area contributed by atoms with E-state index in [0.29, 0.717) is 38.8 Å². The third-order valence-electron chi connectivity index (χ3n) is 2.14. The quantitative estimate of drug-likeness (QED) is 0.377. The van der Waals surface area contributed by atoms with Crippen LogP contribution in [0.1, 0.15) is 32.1 Å². The second-order valence-electron chi connectivity index (χ2n) is 3.71. The maximum Gasteiger partial charge on any atom is 0.221 e. The van der Waals surface area contributed by atoms with E-state index in [1.54, 1.807) is 0 Å². The van der Waals surface area contributed by atoms with E-state index in [9.17, 15) is 9.59 Å². The second kappa shape index (κ2) is 11.3. The largest absolute Gasteiger partial charge is 0.396 e. The molecule has 0 atom stereocenters. The molecule has 0 fully saturated rings. The maximum atomic E-state index is 11.2. The molecule has 0 unspecified atom stereocenters. The minimum absolute atomic E-state index is 0.0574. The van der Waals surface area contributed by atoms with Crippen molar-refractivity contribution in [3.8, 4) is 0 Å². The smallest absolute Gasteiger partial charge is 0.221 e. The third kappa shape index (κ3) is 11.1. The first-order valence-electron chi connectivity index (χ1n) is 5.95. The summed E-state index contributed by atoms with van der Waals surface area (Å²) in [5.41, 5.74) is 0. The molecule has 0 radical (unpaired) electrons. The first-order chi connectivity index (χ1) is 8.20. The summed E-state index contributed by atoms with van der Waals surface area (Å²) >= 11 is 0. The molecular formula is C11H22N2O4. The molecule has 0 aromatic carbocycles. The fourth-order valence-corrected chi connectivity index (χ4v) is 1.20. The highest BCUT2D eigenvalue weighted by molar-refractivity contribution is 5.78. The van der Waals surface area contributed by atoms with Gasteiger partial charge in [0.2, 0.25) is 11.8 Å². The summed E-state index contributed by atoms with van der Waals surface area (Å²) in [6, 6.07) is 0. The number of unbranched alkanes of at least 4 members (excludes halogenated alkanes) is 1. The lowest BCUT2D eigenvalue weighted by molar-refractivity contribution is -0.122. The lowest BCUT2D eigenvalue weighted by Crippen LogP contribution is -2.31.